The standard InChI is InChI=1S/C19H14BrN3OS/c1-11-2-5-14(6-3-11)22-19-23-18(24)17(25-19)8-12-10-21-16-7-4-13(20)9-15(12)16/h2-10,24H,1H3,(H,22,23). The van der Waals surface area contributed by atoms with Crippen LogP contribution in [0.5, 0.6) is 5.88 Å². The third kappa shape index (κ3) is 3.36. The lowest BCUT2D eigenvalue weighted by Gasteiger charge is -2.01. The minimum atomic E-state index is 0.0176. The first-order valence-corrected chi connectivity index (χ1v) is 9.28. The van der Waals surface area contributed by atoms with Crippen LogP contribution >= 0.6 is 27.3 Å². The van der Waals surface area contributed by atoms with Gasteiger partial charge in [-0.3, -0.25) is 4.99 Å². The number of anilines is 2. The highest BCUT2D eigenvalue weighted by atomic mass is 79.9. The summed E-state index contributed by atoms with van der Waals surface area (Å²) in [6.45, 7) is 2.04. The fraction of sp³-hybridized carbons (Fsp3) is 0.0526. The Morgan fingerprint density at radius 1 is 1.16 bits per heavy atom. The average Bonchev–Trinajstić information content (AvgIpc) is 3.14. The van der Waals surface area contributed by atoms with Gasteiger partial charge in [0, 0.05) is 27.5 Å². The third-order valence-electron chi connectivity index (χ3n) is 3.84. The smallest absolute Gasteiger partial charge is 0.231 e. The molecule has 0 saturated carbocycles. The van der Waals surface area contributed by atoms with E-state index < -0.39 is 0 Å². The second-order valence-electron chi connectivity index (χ2n) is 5.72. The Kier molecular flexibility index (Phi) is 4.15. The molecule has 0 radical (unpaired) electrons. The van der Waals surface area contributed by atoms with E-state index in [1.54, 1.807) is 0 Å². The second-order valence-corrected chi connectivity index (χ2v) is 7.66. The number of hydrogen-bond donors (Lipinski definition) is 2. The first-order valence-electron chi connectivity index (χ1n) is 7.68. The van der Waals surface area contributed by atoms with Crippen LogP contribution in [0.25, 0.3) is 11.6 Å². The molecule has 4 nitrogen and oxygen atoms in total. The zero-order chi connectivity index (χ0) is 17.4. The van der Waals surface area contributed by atoms with Crippen LogP contribution < -0.4 is 5.32 Å². The number of thiazole rings is 1. The molecule has 3 aromatic rings. The van der Waals surface area contributed by atoms with Crippen molar-refractivity contribution in [1.82, 2.24) is 4.98 Å². The minimum absolute atomic E-state index is 0.0176. The van der Waals surface area contributed by atoms with Crippen molar-refractivity contribution >= 4 is 61.6 Å². The summed E-state index contributed by atoms with van der Waals surface area (Å²) in [4.78, 5) is 9.31. The lowest BCUT2D eigenvalue weighted by atomic mass is 10.1. The Morgan fingerprint density at radius 2 is 1.96 bits per heavy atom. The SMILES string of the molecule is Cc1ccc(Nc2nc(O)c(C=C3C=Nc4ccc(Br)cc43)s2)cc1. The highest BCUT2D eigenvalue weighted by Crippen LogP contribution is 2.38. The number of allylic oxidation sites excluding steroid dienone is 1. The molecule has 1 aromatic heterocycles. The molecule has 0 spiro atoms. The van der Waals surface area contributed by atoms with Crippen molar-refractivity contribution in [2.75, 3.05) is 5.32 Å². The van der Waals surface area contributed by atoms with E-state index >= 15 is 0 Å². The van der Waals surface area contributed by atoms with Gasteiger partial charge in [-0.05, 0) is 43.3 Å². The summed E-state index contributed by atoms with van der Waals surface area (Å²) >= 11 is 4.89. The van der Waals surface area contributed by atoms with E-state index in [-0.39, 0.29) is 5.88 Å². The molecule has 0 unspecified atom stereocenters. The number of aromatic hydroxyl groups is 1. The highest BCUT2D eigenvalue weighted by Gasteiger charge is 2.15. The molecule has 2 aromatic carbocycles. The number of nitrogens with one attached hydrogen (secondary N) is 1. The molecule has 0 atom stereocenters. The van der Waals surface area contributed by atoms with E-state index in [9.17, 15) is 5.11 Å². The number of fused-ring (bicyclic) bond motifs is 1. The van der Waals surface area contributed by atoms with Gasteiger partial charge in [0.05, 0.1) is 10.6 Å². The van der Waals surface area contributed by atoms with E-state index in [1.165, 1.54) is 16.9 Å². The average molecular weight is 412 g/mol. The zero-order valence-corrected chi connectivity index (χ0v) is 15.7. The summed E-state index contributed by atoms with van der Waals surface area (Å²) in [7, 11) is 0. The lowest BCUT2D eigenvalue weighted by molar-refractivity contribution is 0.457. The van der Waals surface area contributed by atoms with Crippen molar-refractivity contribution in [3.05, 3.63) is 62.9 Å². The van der Waals surface area contributed by atoms with E-state index in [4.69, 9.17) is 0 Å². The van der Waals surface area contributed by atoms with Gasteiger partial charge in [-0.25, -0.2) is 0 Å². The van der Waals surface area contributed by atoms with Gasteiger partial charge in [-0.1, -0.05) is 45.0 Å². The van der Waals surface area contributed by atoms with Crippen LogP contribution in [0, 0.1) is 6.92 Å². The molecule has 0 fully saturated rings. The number of hydrogen-bond acceptors (Lipinski definition) is 5. The van der Waals surface area contributed by atoms with Gasteiger partial charge in [0.15, 0.2) is 5.13 Å². The monoisotopic (exact) mass is 411 g/mol. The van der Waals surface area contributed by atoms with Crippen LogP contribution in [-0.2, 0) is 0 Å². The number of rotatable bonds is 3. The number of aliphatic imine (C=N–C) groups is 1. The Bertz CT molecular complexity index is 1010. The van der Waals surface area contributed by atoms with Crippen LogP contribution in [0.1, 0.15) is 16.0 Å². The van der Waals surface area contributed by atoms with Gasteiger partial charge in [0.2, 0.25) is 5.88 Å². The van der Waals surface area contributed by atoms with Crippen LogP contribution in [0.2, 0.25) is 0 Å². The predicted octanol–water partition coefficient (Wildman–Crippen LogP) is 5.92. The summed E-state index contributed by atoms with van der Waals surface area (Å²) < 4.78 is 0.998. The maximum atomic E-state index is 10.2. The number of aryl methyl sites for hydroxylation is 1. The Morgan fingerprint density at radius 3 is 2.76 bits per heavy atom. The molecular formula is C19H14BrN3OS. The van der Waals surface area contributed by atoms with E-state index in [1.807, 2.05) is 61.7 Å². The number of benzene rings is 2. The molecule has 0 bridgehead atoms. The molecule has 6 heteroatoms. The lowest BCUT2D eigenvalue weighted by Crippen LogP contribution is -1.88. The van der Waals surface area contributed by atoms with Crippen LogP contribution in [0.4, 0.5) is 16.5 Å². The van der Waals surface area contributed by atoms with Crippen molar-refractivity contribution in [2.24, 2.45) is 4.99 Å². The van der Waals surface area contributed by atoms with E-state index in [2.05, 4.69) is 31.2 Å². The van der Waals surface area contributed by atoms with Crippen molar-refractivity contribution in [1.29, 1.82) is 0 Å². The fourth-order valence-electron chi connectivity index (χ4n) is 2.55. The molecule has 1 aliphatic heterocycles. The number of nitrogens with zero attached hydrogens (tertiary/aromatic N) is 2. The zero-order valence-electron chi connectivity index (χ0n) is 13.3. The van der Waals surface area contributed by atoms with Crippen molar-refractivity contribution in [3.63, 3.8) is 0 Å². The van der Waals surface area contributed by atoms with Gasteiger partial charge in [-0.2, -0.15) is 4.98 Å². The Balaban J connectivity index is 1.63. The quantitative estimate of drug-likeness (QED) is 0.562. The van der Waals surface area contributed by atoms with Crippen molar-refractivity contribution in [3.8, 4) is 5.88 Å². The molecule has 0 saturated heterocycles. The third-order valence-corrected chi connectivity index (χ3v) is 5.24. The van der Waals surface area contributed by atoms with Gasteiger partial charge < -0.3 is 10.4 Å². The Hall–Kier alpha value is -2.44. The highest BCUT2D eigenvalue weighted by molar-refractivity contribution is 9.10. The predicted molar refractivity (Wildman–Crippen MR) is 108 cm³/mol. The molecular weight excluding hydrogens is 398 g/mol. The normalized spacial score (nSPS) is 14.1. The molecule has 1 aliphatic rings. The van der Waals surface area contributed by atoms with E-state index in [0.29, 0.717) is 10.0 Å². The largest absolute Gasteiger partial charge is 0.492 e. The summed E-state index contributed by atoms with van der Waals surface area (Å²) in [5.74, 6) is 0.0176. The molecule has 2 heterocycles. The number of aromatic nitrogens is 1. The fourth-order valence-corrected chi connectivity index (χ4v) is 3.74. The first-order chi connectivity index (χ1) is 12.1. The Labute approximate surface area is 157 Å². The van der Waals surface area contributed by atoms with Gasteiger partial charge in [-0.15, -0.1) is 0 Å². The van der Waals surface area contributed by atoms with Crippen LogP contribution in [-0.4, -0.2) is 16.3 Å². The van der Waals surface area contributed by atoms with Crippen LogP contribution in [0.15, 0.2) is 51.9 Å². The molecule has 25 heavy (non-hydrogen) atoms. The summed E-state index contributed by atoms with van der Waals surface area (Å²) in [5.41, 5.74) is 5.06. The minimum Gasteiger partial charge on any atom is -0.492 e. The number of halogens is 1. The van der Waals surface area contributed by atoms with Gasteiger partial charge in [0.1, 0.15) is 0 Å². The van der Waals surface area contributed by atoms with Gasteiger partial charge in [0.25, 0.3) is 0 Å². The summed E-state index contributed by atoms with van der Waals surface area (Å²) in [5, 5.41) is 14.1. The summed E-state index contributed by atoms with van der Waals surface area (Å²) in [6, 6.07) is 14.0. The molecule has 2 N–H and O–H groups in total. The van der Waals surface area contributed by atoms with Gasteiger partial charge >= 0.3 is 0 Å². The molecule has 4 rings (SSSR count). The molecule has 124 valence electrons. The maximum Gasteiger partial charge on any atom is 0.231 e. The van der Waals surface area contributed by atoms with Crippen molar-refractivity contribution in [2.45, 2.75) is 6.92 Å². The maximum absolute atomic E-state index is 10.2. The molecule has 0 amide bonds. The summed E-state index contributed by atoms with van der Waals surface area (Å²) in [6.07, 6.45) is 3.72. The second kappa shape index (κ2) is 6.46. The first kappa shape index (κ1) is 16.1. The van der Waals surface area contributed by atoms with Crippen molar-refractivity contribution < 1.29 is 5.11 Å². The molecule has 0 aliphatic carbocycles. The van der Waals surface area contributed by atoms with E-state index in [0.717, 1.165) is 27.0 Å². The topological polar surface area (TPSA) is 57.5 Å². The van der Waals surface area contributed by atoms with Crippen LogP contribution in [0.3, 0.4) is 0 Å².